The number of halogens is 1. The van der Waals surface area contributed by atoms with Crippen LogP contribution in [0.15, 0.2) is 22.7 Å². The Balaban J connectivity index is 2.16. The molecule has 1 aromatic carbocycles. The number of aromatic carboxylic acids is 1. The average Bonchev–Trinajstić information content (AvgIpc) is 2.95. The van der Waals surface area contributed by atoms with Crippen molar-refractivity contribution in [3.8, 4) is 17.0 Å². The van der Waals surface area contributed by atoms with Crippen LogP contribution >= 0.6 is 11.6 Å². The van der Waals surface area contributed by atoms with Gasteiger partial charge >= 0.3 is 5.97 Å². The minimum Gasteiger partial charge on any atom is -0.493 e. The molecule has 0 fully saturated rings. The van der Waals surface area contributed by atoms with Gasteiger partial charge in [0.25, 0.3) is 0 Å². The third-order valence-electron chi connectivity index (χ3n) is 2.81. The number of carbonyl (C=O) groups is 1. The van der Waals surface area contributed by atoms with Crippen LogP contribution in [0.2, 0.25) is 5.02 Å². The van der Waals surface area contributed by atoms with Crippen LogP contribution in [0, 0.1) is 0 Å². The number of rotatable bonds is 2. The Labute approximate surface area is 107 Å². The second kappa shape index (κ2) is 4.03. The van der Waals surface area contributed by atoms with E-state index >= 15 is 0 Å². The van der Waals surface area contributed by atoms with Gasteiger partial charge in [-0.3, -0.25) is 0 Å². The standard InChI is InChI=1S/C12H8ClNO4/c13-7-1-2-9-6(3-4-17-9)11(7)8-5-10(12(15)16)18-14-8/h1-2,5H,3-4H2,(H,15,16). The highest BCUT2D eigenvalue weighted by Crippen LogP contribution is 2.39. The zero-order valence-corrected chi connectivity index (χ0v) is 9.90. The lowest BCUT2D eigenvalue weighted by Gasteiger charge is -2.05. The summed E-state index contributed by atoms with van der Waals surface area (Å²) in [6.45, 7) is 0.590. The van der Waals surface area contributed by atoms with E-state index in [2.05, 4.69) is 5.16 Å². The number of ether oxygens (including phenoxy) is 1. The molecule has 0 saturated carbocycles. The molecule has 3 rings (SSSR count). The lowest BCUT2D eigenvalue weighted by atomic mass is 10.0. The minimum absolute atomic E-state index is 0.211. The highest BCUT2D eigenvalue weighted by Gasteiger charge is 2.23. The van der Waals surface area contributed by atoms with E-state index in [9.17, 15) is 4.79 Å². The molecule has 0 aliphatic carbocycles. The number of carboxylic acids is 1. The van der Waals surface area contributed by atoms with Crippen molar-refractivity contribution in [1.82, 2.24) is 5.16 Å². The van der Waals surface area contributed by atoms with E-state index < -0.39 is 5.97 Å². The molecule has 92 valence electrons. The molecular weight excluding hydrogens is 258 g/mol. The predicted molar refractivity (Wildman–Crippen MR) is 63.1 cm³/mol. The first-order valence-electron chi connectivity index (χ1n) is 5.31. The van der Waals surface area contributed by atoms with E-state index in [0.717, 1.165) is 17.7 Å². The van der Waals surface area contributed by atoms with Gasteiger partial charge in [0.15, 0.2) is 0 Å². The van der Waals surface area contributed by atoms with Crippen molar-refractivity contribution in [3.63, 3.8) is 0 Å². The molecule has 6 heteroatoms. The molecule has 1 aliphatic rings. The van der Waals surface area contributed by atoms with Crippen LogP contribution in [0.5, 0.6) is 5.75 Å². The van der Waals surface area contributed by atoms with E-state index in [0.29, 0.717) is 22.9 Å². The van der Waals surface area contributed by atoms with Crippen LogP contribution in [0.1, 0.15) is 16.1 Å². The highest BCUT2D eigenvalue weighted by atomic mass is 35.5. The fourth-order valence-electron chi connectivity index (χ4n) is 2.02. The summed E-state index contributed by atoms with van der Waals surface area (Å²) in [6.07, 6.45) is 0.723. The van der Waals surface area contributed by atoms with Crippen LogP contribution in [-0.2, 0) is 6.42 Å². The molecular formula is C12H8ClNO4. The largest absolute Gasteiger partial charge is 0.493 e. The Hall–Kier alpha value is -2.01. The molecule has 0 saturated heterocycles. The van der Waals surface area contributed by atoms with E-state index in [1.165, 1.54) is 6.07 Å². The van der Waals surface area contributed by atoms with Gasteiger partial charge in [0.1, 0.15) is 11.4 Å². The van der Waals surface area contributed by atoms with Crippen LogP contribution in [0.25, 0.3) is 11.3 Å². The van der Waals surface area contributed by atoms with Gasteiger partial charge in [-0.1, -0.05) is 16.8 Å². The Morgan fingerprint density at radius 2 is 2.28 bits per heavy atom. The maximum Gasteiger partial charge on any atom is 0.374 e. The second-order valence-corrected chi connectivity index (χ2v) is 4.29. The van der Waals surface area contributed by atoms with Crippen molar-refractivity contribution in [2.75, 3.05) is 6.61 Å². The zero-order valence-electron chi connectivity index (χ0n) is 9.14. The average molecular weight is 266 g/mol. The summed E-state index contributed by atoms with van der Waals surface area (Å²) in [5, 5.41) is 13.1. The summed E-state index contributed by atoms with van der Waals surface area (Å²) >= 11 is 6.15. The van der Waals surface area contributed by atoms with E-state index in [-0.39, 0.29) is 5.76 Å². The molecule has 1 N–H and O–H groups in total. The molecule has 0 atom stereocenters. The minimum atomic E-state index is -1.16. The Morgan fingerprint density at radius 3 is 3.00 bits per heavy atom. The van der Waals surface area contributed by atoms with Crippen LogP contribution in [0.3, 0.4) is 0 Å². The van der Waals surface area contributed by atoms with E-state index in [1.54, 1.807) is 12.1 Å². The molecule has 0 unspecified atom stereocenters. The van der Waals surface area contributed by atoms with Gasteiger partial charge in [0.05, 0.1) is 11.6 Å². The SMILES string of the molecule is O=C(O)c1cc(-c2c(Cl)ccc3c2CCO3)no1. The number of hydrogen-bond donors (Lipinski definition) is 1. The van der Waals surface area contributed by atoms with Crippen LogP contribution in [-0.4, -0.2) is 22.8 Å². The summed E-state index contributed by atoms with van der Waals surface area (Å²) in [7, 11) is 0. The third-order valence-corrected chi connectivity index (χ3v) is 3.12. The maximum absolute atomic E-state index is 10.8. The van der Waals surface area contributed by atoms with Crippen molar-refractivity contribution in [2.24, 2.45) is 0 Å². The molecule has 0 bridgehead atoms. The van der Waals surface area contributed by atoms with E-state index in [4.69, 9.17) is 26.0 Å². The number of benzene rings is 1. The Morgan fingerprint density at radius 1 is 1.44 bits per heavy atom. The fraction of sp³-hybridized carbons (Fsp3) is 0.167. The molecule has 1 aliphatic heterocycles. The smallest absolute Gasteiger partial charge is 0.374 e. The first kappa shape index (κ1) is 11.1. The second-order valence-electron chi connectivity index (χ2n) is 3.88. The van der Waals surface area contributed by atoms with Crippen LogP contribution in [0.4, 0.5) is 0 Å². The summed E-state index contributed by atoms with van der Waals surface area (Å²) in [6, 6.07) is 4.87. The Bertz CT molecular complexity index is 635. The van der Waals surface area contributed by atoms with Crippen LogP contribution < -0.4 is 4.74 Å². The number of fused-ring (bicyclic) bond motifs is 1. The van der Waals surface area contributed by atoms with Gasteiger partial charge in [-0.2, -0.15) is 0 Å². The van der Waals surface area contributed by atoms with Crippen molar-refractivity contribution in [3.05, 3.63) is 34.5 Å². The topological polar surface area (TPSA) is 72.6 Å². The zero-order chi connectivity index (χ0) is 12.7. The summed E-state index contributed by atoms with van der Waals surface area (Å²) in [4.78, 5) is 10.8. The molecule has 1 aromatic heterocycles. The first-order chi connectivity index (χ1) is 8.66. The van der Waals surface area contributed by atoms with E-state index in [1.807, 2.05) is 0 Å². The molecule has 0 spiro atoms. The van der Waals surface area contributed by atoms with Crippen molar-refractivity contribution >= 4 is 17.6 Å². The van der Waals surface area contributed by atoms with Gasteiger partial charge < -0.3 is 14.4 Å². The number of nitrogens with zero attached hydrogens (tertiary/aromatic N) is 1. The fourth-order valence-corrected chi connectivity index (χ4v) is 2.29. The first-order valence-corrected chi connectivity index (χ1v) is 5.69. The van der Waals surface area contributed by atoms with Crippen molar-refractivity contribution in [2.45, 2.75) is 6.42 Å². The normalized spacial score (nSPS) is 13.2. The summed E-state index contributed by atoms with van der Waals surface area (Å²) in [5.41, 5.74) is 2.04. The third kappa shape index (κ3) is 1.64. The van der Waals surface area contributed by atoms with Gasteiger partial charge in [0.2, 0.25) is 5.76 Å². The molecule has 2 heterocycles. The van der Waals surface area contributed by atoms with Crippen molar-refractivity contribution in [1.29, 1.82) is 0 Å². The highest BCUT2D eigenvalue weighted by molar-refractivity contribution is 6.33. The molecule has 0 amide bonds. The van der Waals surface area contributed by atoms with Gasteiger partial charge in [-0.05, 0) is 12.1 Å². The molecule has 5 nitrogen and oxygen atoms in total. The lowest BCUT2D eigenvalue weighted by molar-refractivity contribution is 0.0652. The number of hydrogen-bond acceptors (Lipinski definition) is 4. The monoisotopic (exact) mass is 265 g/mol. The number of aromatic nitrogens is 1. The quantitative estimate of drug-likeness (QED) is 0.904. The molecule has 18 heavy (non-hydrogen) atoms. The van der Waals surface area contributed by atoms with Gasteiger partial charge in [-0.25, -0.2) is 4.79 Å². The number of carboxylic acid groups (broad SMARTS) is 1. The summed E-state index contributed by atoms with van der Waals surface area (Å²) in [5.74, 6) is -0.611. The molecule has 2 aromatic rings. The van der Waals surface area contributed by atoms with Gasteiger partial charge in [0, 0.05) is 23.6 Å². The van der Waals surface area contributed by atoms with Crippen molar-refractivity contribution < 1.29 is 19.2 Å². The molecule has 0 radical (unpaired) electrons. The lowest BCUT2D eigenvalue weighted by Crippen LogP contribution is -1.92. The van der Waals surface area contributed by atoms with Gasteiger partial charge in [-0.15, -0.1) is 0 Å². The summed E-state index contributed by atoms with van der Waals surface area (Å²) < 4.78 is 10.2. The maximum atomic E-state index is 10.8. The predicted octanol–water partition coefficient (Wildman–Crippen LogP) is 2.63. The Kier molecular flexibility index (Phi) is 2.48.